The molecule has 2 amide bonds. The molecule has 0 saturated carbocycles. The molecule has 0 aliphatic heterocycles. The highest BCUT2D eigenvalue weighted by molar-refractivity contribution is 5.94. The van der Waals surface area contributed by atoms with Crippen LogP contribution in [-0.4, -0.2) is 63.5 Å². The minimum absolute atomic E-state index is 0.000778. The van der Waals surface area contributed by atoms with Crippen molar-refractivity contribution in [3.63, 3.8) is 0 Å². The molecule has 176 valence electrons. The number of alkyl carbamates (subject to hydrolysis) is 1. The van der Waals surface area contributed by atoms with E-state index in [0.29, 0.717) is 6.54 Å². The molecule has 1 heterocycles. The van der Waals surface area contributed by atoms with E-state index in [0.717, 1.165) is 22.3 Å². The maximum Gasteiger partial charge on any atom is 0.407 e. The first-order valence-corrected chi connectivity index (χ1v) is 10.7. The molecule has 0 radical (unpaired) electrons. The molecule has 0 spiro atoms. The molecule has 2 aromatic carbocycles. The quantitative estimate of drug-likeness (QED) is 0.377. The van der Waals surface area contributed by atoms with Crippen molar-refractivity contribution in [1.29, 1.82) is 0 Å². The number of aromatic nitrogens is 2. The molecule has 0 saturated heterocycles. The molecule has 0 bridgehead atoms. The van der Waals surface area contributed by atoms with Crippen LogP contribution >= 0.6 is 0 Å². The van der Waals surface area contributed by atoms with E-state index in [9.17, 15) is 14.4 Å². The summed E-state index contributed by atoms with van der Waals surface area (Å²) in [5.74, 6) is -2.09. The van der Waals surface area contributed by atoms with Crippen molar-refractivity contribution in [2.45, 2.75) is 18.5 Å². The summed E-state index contributed by atoms with van der Waals surface area (Å²) in [7, 11) is 0. The summed E-state index contributed by atoms with van der Waals surface area (Å²) in [6, 6.07) is 14.8. The van der Waals surface area contributed by atoms with Gasteiger partial charge < -0.3 is 30.2 Å². The average molecular weight is 464 g/mol. The van der Waals surface area contributed by atoms with Gasteiger partial charge in [0, 0.05) is 25.2 Å². The van der Waals surface area contributed by atoms with Crippen LogP contribution in [0.1, 0.15) is 27.5 Å². The molecule has 3 aromatic rings. The highest BCUT2D eigenvalue weighted by Crippen LogP contribution is 2.44. The lowest BCUT2D eigenvalue weighted by atomic mass is 9.98. The normalized spacial score (nSPS) is 13.0. The molecule has 1 aromatic heterocycles. The number of nitrogens with zero attached hydrogens (tertiary/aromatic N) is 2. The Labute approximate surface area is 195 Å². The second kappa shape index (κ2) is 10.2. The molecule has 0 unspecified atom stereocenters. The Balaban J connectivity index is 1.26. The Kier molecular flexibility index (Phi) is 6.88. The number of carboxylic acid groups (broad SMARTS) is 1. The molecule has 4 N–H and O–H groups in total. The molecule has 1 aliphatic carbocycles. The number of nitrogens with one attached hydrogen (secondary N) is 2. The number of amides is 2. The van der Waals surface area contributed by atoms with Gasteiger partial charge in [0.05, 0.1) is 12.9 Å². The van der Waals surface area contributed by atoms with Crippen LogP contribution < -0.4 is 10.6 Å². The molecule has 34 heavy (non-hydrogen) atoms. The molecule has 10 nitrogen and oxygen atoms in total. The lowest BCUT2D eigenvalue weighted by molar-refractivity contribution is -0.140. The maximum absolute atomic E-state index is 12.2. The van der Waals surface area contributed by atoms with Gasteiger partial charge in [-0.1, -0.05) is 48.5 Å². The zero-order valence-corrected chi connectivity index (χ0v) is 18.2. The van der Waals surface area contributed by atoms with Crippen molar-refractivity contribution in [1.82, 2.24) is 20.2 Å². The molecular formula is C24H24N4O6. The van der Waals surface area contributed by atoms with Gasteiger partial charge in [0.1, 0.15) is 12.3 Å². The largest absolute Gasteiger partial charge is 0.480 e. The number of carbonyl (C=O) groups excluding carboxylic acids is 2. The zero-order valence-electron chi connectivity index (χ0n) is 18.2. The van der Waals surface area contributed by atoms with Crippen LogP contribution in [-0.2, 0) is 16.1 Å². The van der Waals surface area contributed by atoms with Crippen molar-refractivity contribution in [2.75, 3.05) is 19.8 Å². The maximum atomic E-state index is 12.2. The van der Waals surface area contributed by atoms with E-state index in [1.54, 1.807) is 4.57 Å². The predicted molar refractivity (Wildman–Crippen MR) is 121 cm³/mol. The van der Waals surface area contributed by atoms with Gasteiger partial charge in [-0.15, -0.1) is 0 Å². The molecule has 0 fully saturated rings. The number of carboxylic acids is 1. The number of fused-ring (bicyclic) bond motifs is 3. The topological polar surface area (TPSA) is 143 Å². The third-order valence-corrected chi connectivity index (χ3v) is 5.63. The number of rotatable bonds is 9. The number of aliphatic hydroxyl groups is 1. The first-order chi connectivity index (χ1) is 16.5. The number of hydrogen-bond donors (Lipinski definition) is 4. The van der Waals surface area contributed by atoms with Gasteiger partial charge in [0.2, 0.25) is 0 Å². The van der Waals surface area contributed by atoms with Gasteiger partial charge in [0.25, 0.3) is 5.91 Å². The van der Waals surface area contributed by atoms with Crippen molar-refractivity contribution >= 4 is 18.0 Å². The van der Waals surface area contributed by atoms with Crippen molar-refractivity contribution in [3.05, 3.63) is 77.9 Å². The van der Waals surface area contributed by atoms with Crippen LogP contribution in [0.2, 0.25) is 0 Å². The minimum atomic E-state index is -1.41. The number of aliphatic carboxylic acids is 1. The van der Waals surface area contributed by atoms with Crippen LogP contribution in [0, 0.1) is 0 Å². The summed E-state index contributed by atoms with van der Waals surface area (Å²) < 4.78 is 7.06. The van der Waals surface area contributed by atoms with E-state index in [4.69, 9.17) is 14.9 Å². The third kappa shape index (κ3) is 4.91. The van der Waals surface area contributed by atoms with Gasteiger partial charge in [-0.3, -0.25) is 4.79 Å². The SMILES string of the molecule is O=C(NCCn1cnc(C(=O)N[C@H](CO)C(=O)O)c1)OCC1c2ccccc2-c2ccccc21. The van der Waals surface area contributed by atoms with Gasteiger partial charge in [-0.25, -0.2) is 14.6 Å². The summed E-state index contributed by atoms with van der Waals surface area (Å²) in [6.45, 7) is 0.0476. The fourth-order valence-corrected chi connectivity index (χ4v) is 3.95. The highest BCUT2D eigenvalue weighted by atomic mass is 16.5. The third-order valence-electron chi connectivity index (χ3n) is 5.63. The molecule has 4 rings (SSSR count). The number of benzene rings is 2. The zero-order chi connectivity index (χ0) is 24.1. The summed E-state index contributed by atoms with van der Waals surface area (Å²) in [6.07, 6.45) is 2.26. The smallest absolute Gasteiger partial charge is 0.407 e. The van der Waals surface area contributed by atoms with Crippen LogP contribution in [0.25, 0.3) is 11.1 Å². The molecule has 1 aliphatic rings. The van der Waals surface area contributed by atoms with Crippen LogP contribution in [0.4, 0.5) is 4.79 Å². The summed E-state index contributed by atoms with van der Waals surface area (Å²) in [5, 5.41) is 22.8. The van der Waals surface area contributed by atoms with E-state index in [-0.39, 0.29) is 24.8 Å². The van der Waals surface area contributed by atoms with Gasteiger partial charge in [-0.2, -0.15) is 0 Å². The second-order valence-electron chi connectivity index (χ2n) is 7.80. The Morgan fingerprint density at radius 2 is 1.71 bits per heavy atom. The Hall–Kier alpha value is -4.18. The van der Waals surface area contributed by atoms with Crippen LogP contribution in [0.5, 0.6) is 0 Å². The lowest BCUT2D eigenvalue weighted by Gasteiger charge is -2.14. The monoisotopic (exact) mass is 464 g/mol. The van der Waals surface area contributed by atoms with Crippen molar-refractivity contribution < 1.29 is 29.3 Å². The lowest BCUT2D eigenvalue weighted by Crippen LogP contribution is -2.43. The van der Waals surface area contributed by atoms with E-state index >= 15 is 0 Å². The predicted octanol–water partition coefficient (Wildman–Crippen LogP) is 1.60. The Morgan fingerprint density at radius 3 is 2.32 bits per heavy atom. The number of aliphatic hydroxyl groups excluding tert-OH is 1. The molecular weight excluding hydrogens is 440 g/mol. The number of ether oxygens (including phenoxy) is 1. The summed E-state index contributed by atoms with van der Waals surface area (Å²) >= 11 is 0. The van der Waals surface area contributed by atoms with E-state index < -0.39 is 30.6 Å². The highest BCUT2D eigenvalue weighted by Gasteiger charge is 2.29. The summed E-state index contributed by atoms with van der Waals surface area (Å²) in [4.78, 5) is 39.1. The fourth-order valence-electron chi connectivity index (χ4n) is 3.95. The van der Waals surface area contributed by atoms with E-state index in [1.165, 1.54) is 12.5 Å². The first-order valence-electron chi connectivity index (χ1n) is 10.7. The average Bonchev–Trinajstić information content (AvgIpc) is 3.44. The van der Waals surface area contributed by atoms with Crippen molar-refractivity contribution in [3.8, 4) is 11.1 Å². The Morgan fingerprint density at radius 1 is 1.06 bits per heavy atom. The van der Waals surface area contributed by atoms with Gasteiger partial charge in [0.15, 0.2) is 6.04 Å². The van der Waals surface area contributed by atoms with Gasteiger partial charge in [-0.05, 0) is 22.3 Å². The standard InChI is InChI=1S/C24H24N4O6/c29-12-21(23(31)32)27-22(30)20-11-28(14-26-20)10-9-25-24(33)34-13-19-17-7-3-1-5-15(17)16-6-2-4-8-18(16)19/h1-8,11,14,19,21,29H,9-10,12-13H2,(H,25,33)(H,27,30)(H,31,32)/t21-/m1/s1. The first kappa shape index (κ1) is 23.0. The molecule has 10 heteroatoms. The second-order valence-corrected chi connectivity index (χ2v) is 7.80. The number of carbonyl (C=O) groups is 3. The van der Waals surface area contributed by atoms with E-state index in [2.05, 4.69) is 27.8 Å². The Bertz CT molecular complexity index is 1160. The number of imidazole rings is 1. The molecule has 1 atom stereocenters. The van der Waals surface area contributed by atoms with Crippen LogP contribution in [0.15, 0.2) is 61.1 Å². The summed E-state index contributed by atoms with van der Waals surface area (Å²) in [5.41, 5.74) is 4.57. The van der Waals surface area contributed by atoms with Gasteiger partial charge >= 0.3 is 12.1 Å². The van der Waals surface area contributed by atoms with E-state index in [1.807, 2.05) is 36.4 Å². The van der Waals surface area contributed by atoms with Crippen molar-refractivity contribution in [2.24, 2.45) is 0 Å². The minimum Gasteiger partial charge on any atom is -0.480 e. The fraction of sp³-hybridized carbons (Fsp3) is 0.250. The number of hydrogen-bond acceptors (Lipinski definition) is 6. The van der Waals surface area contributed by atoms with Crippen LogP contribution in [0.3, 0.4) is 0 Å².